The van der Waals surface area contributed by atoms with Gasteiger partial charge in [-0.2, -0.15) is 13.2 Å². The number of aliphatic imine (C=N–C) groups is 2. The Bertz CT molecular complexity index is 1340. The van der Waals surface area contributed by atoms with Crippen LogP contribution in [0.3, 0.4) is 0 Å². The third-order valence-corrected chi connectivity index (χ3v) is 6.63. The average Bonchev–Trinajstić information content (AvgIpc) is 3.54. The highest BCUT2D eigenvalue weighted by Crippen LogP contribution is 2.31. The van der Waals surface area contributed by atoms with Crippen LogP contribution in [0.25, 0.3) is 10.9 Å². The third-order valence-electron chi connectivity index (χ3n) is 6.63. The fourth-order valence-corrected chi connectivity index (χ4v) is 4.49. The number of rotatable bonds is 5. The van der Waals surface area contributed by atoms with Crippen molar-refractivity contribution in [3.05, 3.63) is 60.3 Å². The number of benzene rings is 2. The lowest BCUT2D eigenvalue weighted by Gasteiger charge is -2.25. The molecule has 1 saturated heterocycles. The first-order chi connectivity index (χ1) is 17.8. The number of ether oxygens (including phenoxy) is 1. The molecule has 3 aromatic rings. The molecule has 2 aromatic carbocycles. The van der Waals surface area contributed by atoms with E-state index in [1.54, 1.807) is 30.5 Å². The average molecular weight is 513 g/mol. The zero-order valence-corrected chi connectivity index (χ0v) is 20.1. The molecule has 0 aliphatic carbocycles. The van der Waals surface area contributed by atoms with Crippen LogP contribution < -0.4 is 20.7 Å². The molecule has 37 heavy (non-hydrogen) atoms. The molecule has 3 unspecified atom stereocenters. The Morgan fingerprint density at radius 3 is 2.86 bits per heavy atom. The molecule has 1 aromatic heterocycles. The molecule has 3 heterocycles. The number of carbonyl (C=O) groups is 1. The molecule has 3 N–H and O–H groups in total. The third kappa shape index (κ3) is 5.67. The molecular formula is C26H27F3N6O2. The summed E-state index contributed by atoms with van der Waals surface area (Å²) >= 11 is 0. The predicted molar refractivity (Wildman–Crippen MR) is 137 cm³/mol. The molecule has 11 heteroatoms. The highest BCUT2D eigenvalue weighted by atomic mass is 19.4. The van der Waals surface area contributed by atoms with Crippen LogP contribution in [-0.4, -0.2) is 54.6 Å². The van der Waals surface area contributed by atoms with Gasteiger partial charge in [0.2, 0.25) is 5.90 Å². The molecule has 3 atom stereocenters. The minimum atomic E-state index is -4.49. The maximum Gasteiger partial charge on any atom is 0.416 e. The van der Waals surface area contributed by atoms with Gasteiger partial charge in [-0.25, -0.2) is 9.79 Å². The van der Waals surface area contributed by atoms with Gasteiger partial charge in [-0.15, -0.1) is 0 Å². The number of carbonyl (C=O) groups excluding carboxylic acids is 1. The van der Waals surface area contributed by atoms with Crippen molar-refractivity contribution in [1.82, 2.24) is 15.2 Å². The smallest absolute Gasteiger partial charge is 0.416 e. The number of hydrogen-bond acceptors (Lipinski definition) is 6. The van der Waals surface area contributed by atoms with E-state index in [4.69, 9.17) is 4.74 Å². The first-order valence-corrected chi connectivity index (χ1v) is 12.1. The second kappa shape index (κ2) is 10.3. The van der Waals surface area contributed by atoms with Crippen LogP contribution in [0.1, 0.15) is 18.9 Å². The van der Waals surface area contributed by atoms with Gasteiger partial charge in [0.25, 0.3) is 0 Å². The Kier molecular flexibility index (Phi) is 6.98. The van der Waals surface area contributed by atoms with E-state index in [9.17, 15) is 18.0 Å². The normalized spacial score (nSPS) is 21.7. The number of amides is 1. The summed E-state index contributed by atoms with van der Waals surface area (Å²) in [5.41, 5.74) is -0.187. The van der Waals surface area contributed by atoms with Gasteiger partial charge in [0, 0.05) is 36.4 Å². The van der Waals surface area contributed by atoms with Gasteiger partial charge in [0.1, 0.15) is 12.1 Å². The second-order valence-corrected chi connectivity index (χ2v) is 9.20. The fraction of sp³-hybridized carbons (Fsp3) is 0.346. The molecule has 0 radical (unpaired) electrons. The summed E-state index contributed by atoms with van der Waals surface area (Å²) in [7, 11) is 0. The summed E-state index contributed by atoms with van der Waals surface area (Å²) in [5.74, 6) is 1.11. The zero-order valence-electron chi connectivity index (χ0n) is 20.1. The Labute approximate surface area is 211 Å². The molecule has 5 rings (SSSR count). The number of anilines is 1. The Balaban J connectivity index is 1.25. The summed E-state index contributed by atoms with van der Waals surface area (Å²) in [5, 5.41) is 10.1. The predicted octanol–water partition coefficient (Wildman–Crippen LogP) is 4.52. The van der Waals surface area contributed by atoms with Gasteiger partial charge < -0.3 is 20.7 Å². The van der Waals surface area contributed by atoms with E-state index in [-0.39, 0.29) is 17.6 Å². The van der Waals surface area contributed by atoms with Gasteiger partial charge in [-0.1, -0.05) is 13.0 Å². The molecule has 1 amide bonds. The van der Waals surface area contributed by atoms with Crippen molar-refractivity contribution < 1.29 is 22.7 Å². The number of halogens is 3. The van der Waals surface area contributed by atoms with E-state index in [0.717, 1.165) is 43.6 Å². The standard InChI is InChI=1S/C26H27F3N6O2/c1-16-22(14-31-20-7-9-30-13-20)32-15-33-24(16)37-21-5-6-23-17(11-21)8-10-35(23)25(36)34-19-4-2-3-18(12-19)26(27,28)29/h2-6,8,10-12,15-16,20,22,30-31H,7,9,13-14H2,1H3,(H,34,36). The maximum atomic E-state index is 13.0. The lowest BCUT2D eigenvalue weighted by Crippen LogP contribution is -2.42. The van der Waals surface area contributed by atoms with Gasteiger partial charge in [-0.05, 0) is 55.4 Å². The van der Waals surface area contributed by atoms with Crippen LogP contribution in [0.15, 0.2) is 64.7 Å². The minimum Gasteiger partial charge on any atom is -0.443 e. The second-order valence-electron chi connectivity index (χ2n) is 9.20. The monoisotopic (exact) mass is 512 g/mol. The summed E-state index contributed by atoms with van der Waals surface area (Å²) < 4.78 is 46.4. The number of fused-ring (bicyclic) bond motifs is 1. The van der Waals surface area contributed by atoms with Crippen molar-refractivity contribution >= 4 is 34.9 Å². The van der Waals surface area contributed by atoms with Crippen LogP contribution in [0.4, 0.5) is 23.7 Å². The highest BCUT2D eigenvalue weighted by molar-refractivity contribution is 5.99. The van der Waals surface area contributed by atoms with Crippen molar-refractivity contribution in [2.75, 3.05) is 25.0 Å². The van der Waals surface area contributed by atoms with Crippen molar-refractivity contribution in [3.8, 4) is 5.75 Å². The van der Waals surface area contributed by atoms with Crippen molar-refractivity contribution in [3.63, 3.8) is 0 Å². The minimum absolute atomic E-state index is 0.0115. The molecule has 8 nitrogen and oxygen atoms in total. The molecule has 2 aliphatic rings. The van der Waals surface area contributed by atoms with Crippen LogP contribution in [-0.2, 0) is 6.18 Å². The molecular weight excluding hydrogens is 485 g/mol. The van der Waals surface area contributed by atoms with E-state index >= 15 is 0 Å². The Morgan fingerprint density at radius 2 is 2.08 bits per heavy atom. The van der Waals surface area contributed by atoms with Crippen LogP contribution in [0.5, 0.6) is 5.75 Å². The fourth-order valence-electron chi connectivity index (χ4n) is 4.49. The molecule has 0 spiro atoms. The molecule has 0 bridgehead atoms. The van der Waals surface area contributed by atoms with E-state index < -0.39 is 17.8 Å². The lowest BCUT2D eigenvalue weighted by atomic mass is 10.0. The number of alkyl halides is 3. The summed E-state index contributed by atoms with van der Waals surface area (Å²) in [6.45, 7) is 4.74. The van der Waals surface area contributed by atoms with E-state index in [0.29, 0.717) is 23.2 Å². The Hall–Kier alpha value is -3.70. The maximum absolute atomic E-state index is 13.0. The van der Waals surface area contributed by atoms with Crippen molar-refractivity contribution in [2.45, 2.75) is 31.6 Å². The largest absolute Gasteiger partial charge is 0.443 e. The Morgan fingerprint density at radius 1 is 1.22 bits per heavy atom. The summed E-state index contributed by atoms with van der Waals surface area (Å²) in [6.07, 6.45) is -0.306. The molecule has 194 valence electrons. The van der Waals surface area contributed by atoms with Gasteiger partial charge in [-0.3, -0.25) is 9.56 Å². The first-order valence-electron chi connectivity index (χ1n) is 12.1. The van der Waals surface area contributed by atoms with E-state index in [2.05, 4.69) is 25.9 Å². The van der Waals surface area contributed by atoms with Crippen molar-refractivity contribution in [1.29, 1.82) is 0 Å². The highest BCUT2D eigenvalue weighted by Gasteiger charge is 2.30. The van der Waals surface area contributed by atoms with E-state index in [1.807, 2.05) is 6.92 Å². The van der Waals surface area contributed by atoms with Crippen molar-refractivity contribution in [2.24, 2.45) is 15.9 Å². The number of aromatic nitrogens is 1. The lowest BCUT2D eigenvalue weighted by molar-refractivity contribution is -0.137. The number of nitrogens with one attached hydrogen (secondary N) is 3. The van der Waals surface area contributed by atoms with Crippen LogP contribution in [0, 0.1) is 5.92 Å². The summed E-state index contributed by atoms with van der Waals surface area (Å²) in [4.78, 5) is 21.6. The summed E-state index contributed by atoms with van der Waals surface area (Å²) in [6, 6.07) is 11.4. The van der Waals surface area contributed by atoms with Crippen LogP contribution >= 0.6 is 0 Å². The quantitative estimate of drug-likeness (QED) is 0.469. The number of nitrogens with zero attached hydrogens (tertiary/aromatic N) is 3. The molecule has 0 saturated carbocycles. The molecule has 2 aliphatic heterocycles. The zero-order chi connectivity index (χ0) is 26.0. The van der Waals surface area contributed by atoms with Crippen LogP contribution in [0.2, 0.25) is 0 Å². The van der Waals surface area contributed by atoms with Gasteiger partial charge in [0.15, 0.2) is 0 Å². The first kappa shape index (κ1) is 25.0. The molecule has 1 fully saturated rings. The number of hydrogen-bond donors (Lipinski definition) is 3. The topological polar surface area (TPSA) is 92.0 Å². The van der Waals surface area contributed by atoms with Gasteiger partial charge in [0.05, 0.1) is 23.0 Å². The SMILES string of the molecule is CC1C(Oc2ccc3c(ccn3C(=O)Nc3cccc(C(F)(F)F)c3)c2)=NC=NC1CNC1CCNC1. The van der Waals surface area contributed by atoms with Gasteiger partial charge >= 0.3 is 12.2 Å². The van der Waals surface area contributed by atoms with E-state index in [1.165, 1.54) is 23.0 Å².